The first kappa shape index (κ1) is 14.5. The molecule has 18 heavy (non-hydrogen) atoms. The molecule has 0 fully saturated rings. The minimum Gasteiger partial charge on any atom is -0.475 e. The first-order chi connectivity index (χ1) is 8.23. The molecule has 0 saturated heterocycles. The summed E-state index contributed by atoms with van der Waals surface area (Å²) in [6.07, 6.45) is -4.00. The second-order valence-corrected chi connectivity index (χ2v) is 3.86. The van der Waals surface area contributed by atoms with E-state index in [-0.39, 0.29) is 0 Å². The maximum absolute atomic E-state index is 10.6. The number of carboxylic acids is 1. The van der Waals surface area contributed by atoms with E-state index >= 15 is 0 Å². The lowest BCUT2D eigenvalue weighted by Crippen LogP contribution is -2.23. The number of fused-ring (bicyclic) bond motifs is 1. The summed E-state index contributed by atoms with van der Waals surface area (Å²) in [5.41, 5.74) is 3.98. The molecule has 0 unspecified atom stereocenters. The monoisotopic (exact) mass is 265 g/mol. The minimum atomic E-state index is -5.08. The maximum atomic E-state index is 10.6. The Bertz CT molecular complexity index is 440. The van der Waals surface area contributed by atoms with Gasteiger partial charge in [0, 0.05) is 37.8 Å². The Morgan fingerprint density at radius 2 is 2.06 bits per heavy atom. The van der Waals surface area contributed by atoms with Crippen LogP contribution in [0.15, 0.2) is 0 Å². The third kappa shape index (κ3) is 3.46. The first-order valence-electron chi connectivity index (χ1n) is 5.25. The Morgan fingerprint density at radius 3 is 2.50 bits per heavy atom. The van der Waals surface area contributed by atoms with Crippen LogP contribution in [0.4, 0.5) is 13.2 Å². The number of nitrogens with one attached hydrogen (secondary N) is 1. The summed E-state index contributed by atoms with van der Waals surface area (Å²) in [6.45, 7) is 4.19. The molecule has 1 aromatic rings. The van der Waals surface area contributed by atoms with Crippen molar-refractivity contribution in [1.82, 2.24) is 15.1 Å². The third-order valence-electron chi connectivity index (χ3n) is 2.62. The zero-order valence-corrected chi connectivity index (χ0v) is 10.0. The van der Waals surface area contributed by atoms with Crippen molar-refractivity contribution in [2.45, 2.75) is 26.1 Å². The van der Waals surface area contributed by atoms with Crippen LogP contribution < -0.4 is 5.32 Å². The molecule has 1 aliphatic heterocycles. The van der Waals surface area contributed by atoms with Crippen LogP contribution >= 0.6 is 0 Å². The van der Waals surface area contributed by atoms with Gasteiger partial charge in [-0.1, -0.05) is 0 Å². The number of aromatic nitrogens is 2. The number of aryl methyl sites for hydroxylation is 1. The quantitative estimate of drug-likeness (QED) is 0.734. The summed E-state index contributed by atoms with van der Waals surface area (Å²) in [4.78, 5) is 8.90. The lowest BCUT2D eigenvalue weighted by Gasteiger charge is -2.10. The Balaban J connectivity index is 0.000000203. The maximum Gasteiger partial charge on any atom is 0.490 e. The van der Waals surface area contributed by atoms with E-state index in [1.54, 1.807) is 0 Å². The lowest BCUT2D eigenvalue weighted by molar-refractivity contribution is -0.192. The predicted octanol–water partition coefficient (Wildman–Crippen LogP) is 1.01. The average molecular weight is 265 g/mol. The molecule has 102 valence electrons. The van der Waals surface area contributed by atoms with Crippen LogP contribution in [-0.4, -0.2) is 33.6 Å². The molecule has 2 rings (SSSR count). The molecule has 0 aliphatic carbocycles. The van der Waals surface area contributed by atoms with E-state index in [4.69, 9.17) is 9.90 Å². The van der Waals surface area contributed by atoms with Crippen molar-refractivity contribution in [1.29, 1.82) is 0 Å². The molecular weight excluding hydrogens is 251 g/mol. The molecule has 0 aromatic carbocycles. The Morgan fingerprint density at radius 1 is 1.50 bits per heavy atom. The molecule has 2 heterocycles. The number of carboxylic acid groups (broad SMARTS) is 1. The summed E-state index contributed by atoms with van der Waals surface area (Å²) < 4.78 is 33.7. The number of rotatable bonds is 0. The van der Waals surface area contributed by atoms with E-state index in [0.717, 1.165) is 19.5 Å². The number of aliphatic carboxylic acids is 1. The van der Waals surface area contributed by atoms with E-state index in [1.165, 1.54) is 17.0 Å². The van der Waals surface area contributed by atoms with Gasteiger partial charge in [0.1, 0.15) is 0 Å². The number of carbonyl (C=O) groups is 1. The number of alkyl halides is 3. The van der Waals surface area contributed by atoms with Crippen molar-refractivity contribution in [3.63, 3.8) is 0 Å². The van der Waals surface area contributed by atoms with Crippen LogP contribution in [-0.2, 0) is 24.8 Å². The molecule has 1 aliphatic rings. The fourth-order valence-corrected chi connectivity index (χ4v) is 1.57. The highest BCUT2D eigenvalue weighted by Crippen LogP contribution is 2.15. The lowest BCUT2D eigenvalue weighted by atomic mass is 10.1. The summed E-state index contributed by atoms with van der Waals surface area (Å²) in [7, 11) is 2.01. The van der Waals surface area contributed by atoms with E-state index < -0.39 is 12.1 Å². The standard InChI is InChI=1S/C8H13N3.C2HF3O2/c1-6-7-5-9-4-3-8(7)10-11(6)2;3-2(4,5)1(6)7/h9H,3-5H2,1-2H3;(H,6,7). The Kier molecular flexibility index (Phi) is 4.33. The van der Waals surface area contributed by atoms with Gasteiger partial charge in [-0.3, -0.25) is 4.68 Å². The van der Waals surface area contributed by atoms with Crippen LogP contribution in [0.1, 0.15) is 17.0 Å². The van der Waals surface area contributed by atoms with Crippen LogP contribution in [0, 0.1) is 6.92 Å². The van der Waals surface area contributed by atoms with Gasteiger partial charge in [0.05, 0.1) is 5.69 Å². The van der Waals surface area contributed by atoms with Crippen LogP contribution in [0.25, 0.3) is 0 Å². The topological polar surface area (TPSA) is 67.2 Å². The molecule has 0 radical (unpaired) electrons. The Labute approximate surface area is 102 Å². The molecule has 2 N–H and O–H groups in total. The average Bonchev–Trinajstić information content (AvgIpc) is 2.55. The second kappa shape index (κ2) is 5.38. The molecule has 1 aromatic heterocycles. The molecule has 0 saturated carbocycles. The summed E-state index contributed by atoms with van der Waals surface area (Å²) in [5, 5.41) is 14.9. The number of hydrogen-bond donors (Lipinski definition) is 2. The van der Waals surface area contributed by atoms with Gasteiger partial charge in [-0.05, 0) is 6.92 Å². The van der Waals surface area contributed by atoms with Crippen molar-refractivity contribution in [2.75, 3.05) is 6.54 Å². The fourth-order valence-electron chi connectivity index (χ4n) is 1.57. The van der Waals surface area contributed by atoms with E-state index in [9.17, 15) is 13.2 Å². The summed E-state index contributed by atoms with van der Waals surface area (Å²) in [6, 6.07) is 0. The number of nitrogens with zero attached hydrogens (tertiary/aromatic N) is 2. The van der Waals surface area contributed by atoms with Crippen molar-refractivity contribution < 1.29 is 23.1 Å². The molecule has 0 atom stereocenters. The van der Waals surface area contributed by atoms with E-state index in [0.29, 0.717) is 0 Å². The van der Waals surface area contributed by atoms with Gasteiger partial charge in [-0.15, -0.1) is 0 Å². The molecule has 0 spiro atoms. The van der Waals surface area contributed by atoms with Gasteiger partial charge in [0.15, 0.2) is 0 Å². The van der Waals surface area contributed by atoms with Crippen molar-refractivity contribution in [3.8, 4) is 0 Å². The van der Waals surface area contributed by atoms with Crippen molar-refractivity contribution >= 4 is 5.97 Å². The highest BCUT2D eigenvalue weighted by molar-refractivity contribution is 5.73. The van der Waals surface area contributed by atoms with Crippen molar-refractivity contribution in [3.05, 3.63) is 17.0 Å². The SMILES string of the molecule is Cc1c2c(nn1C)CCNC2.O=C(O)C(F)(F)F. The fraction of sp³-hybridized carbons (Fsp3) is 0.600. The van der Waals surface area contributed by atoms with Gasteiger partial charge in [-0.2, -0.15) is 18.3 Å². The molecule has 5 nitrogen and oxygen atoms in total. The predicted molar refractivity (Wildman–Crippen MR) is 57.0 cm³/mol. The minimum absolute atomic E-state index is 0.995. The van der Waals surface area contributed by atoms with Gasteiger partial charge in [-0.25, -0.2) is 4.79 Å². The van der Waals surface area contributed by atoms with Crippen LogP contribution in [0.2, 0.25) is 0 Å². The molecule has 0 bridgehead atoms. The number of halogens is 3. The van der Waals surface area contributed by atoms with Crippen LogP contribution in [0.3, 0.4) is 0 Å². The van der Waals surface area contributed by atoms with Crippen LogP contribution in [0.5, 0.6) is 0 Å². The Hall–Kier alpha value is -1.57. The van der Waals surface area contributed by atoms with E-state index in [1.807, 2.05) is 11.7 Å². The van der Waals surface area contributed by atoms with Gasteiger partial charge >= 0.3 is 12.1 Å². The highest BCUT2D eigenvalue weighted by Gasteiger charge is 2.38. The van der Waals surface area contributed by atoms with Gasteiger partial charge in [0.25, 0.3) is 0 Å². The summed E-state index contributed by atoms with van der Waals surface area (Å²) in [5.74, 6) is -2.76. The number of hydrogen-bond acceptors (Lipinski definition) is 3. The van der Waals surface area contributed by atoms with Gasteiger partial charge in [0.2, 0.25) is 0 Å². The summed E-state index contributed by atoms with van der Waals surface area (Å²) >= 11 is 0. The zero-order chi connectivity index (χ0) is 13.9. The smallest absolute Gasteiger partial charge is 0.475 e. The normalized spacial score (nSPS) is 14.5. The first-order valence-corrected chi connectivity index (χ1v) is 5.25. The molecule has 0 amide bonds. The van der Waals surface area contributed by atoms with Gasteiger partial charge < -0.3 is 10.4 Å². The third-order valence-corrected chi connectivity index (χ3v) is 2.62. The van der Waals surface area contributed by atoms with Crippen molar-refractivity contribution in [2.24, 2.45) is 7.05 Å². The second-order valence-electron chi connectivity index (χ2n) is 3.86. The van der Waals surface area contributed by atoms with E-state index in [2.05, 4.69) is 17.3 Å². The largest absolute Gasteiger partial charge is 0.490 e. The molecular formula is C10H14F3N3O2. The highest BCUT2D eigenvalue weighted by atomic mass is 19.4. The zero-order valence-electron chi connectivity index (χ0n) is 10.0. The molecule has 8 heteroatoms.